The first-order valence-electron chi connectivity index (χ1n) is 9.47. The van der Waals surface area contributed by atoms with E-state index in [0.29, 0.717) is 11.4 Å². The first-order valence-corrected chi connectivity index (χ1v) is 11.3. The van der Waals surface area contributed by atoms with Gasteiger partial charge in [-0.05, 0) is 56.3 Å². The molecule has 168 valence electrons. The molecule has 0 aliphatic carbocycles. The highest BCUT2D eigenvalue weighted by Gasteiger charge is 2.20. The number of pyridine rings is 1. The fourth-order valence-corrected chi connectivity index (χ4v) is 4.37. The lowest BCUT2D eigenvalue weighted by Crippen LogP contribution is -2.25. The van der Waals surface area contributed by atoms with Crippen LogP contribution in [0.3, 0.4) is 0 Å². The van der Waals surface area contributed by atoms with E-state index >= 15 is 0 Å². The van der Waals surface area contributed by atoms with E-state index in [9.17, 15) is 17.6 Å². The van der Waals surface area contributed by atoms with Crippen molar-refractivity contribution in [3.8, 4) is 5.75 Å². The number of carbonyl (C=O) groups is 1. The third-order valence-corrected chi connectivity index (χ3v) is 6.46. The summed E-state index contributed by atoms with van der Waals surface area (Å²) >= 11 is 6.15. The summed E-state index contributed by atoms with van der Waals surface area (Å²) in [5.41, 5.74) is 2.44. The van der Waals surface area contributed by atoms with Crippen LogP contribution in [0.25, 0.3) is 0 Å². The molecule has 3 rings (SSSR count). The number of nitrogens with one attached hydrogen (secondary N) is 2. The first-order chi connectivity index (χ1) is 15.1. The Morgan fingerprint density at radius 2 is 1.84 bits per heavy atom. The van der Waals surface area contributed by atoms with Gasteiger partial charge in [0.1, 0.15) is 11.6 Å². The van der Waals surface area contributed by atoms with Gasteiger partial charge in [0, 0.05) is 23.0 Å². The number of amides is 1. The number of halogens is 2. The van der Waals surface area contributed by atoms with E-state index in [0.717, 1.165) is 23.3 Å². The zero-order valence-corrected chi connectivity index (χ0v) is 19.1. The summed E-state index contributed by atoms with van der Waals surface area (Å²) in [6.07, 6.45) is 1.65. The summed E-state index contributed by atoms with van der Waals surface area (Å²) in [5.74, 6) is -0.369. The molecule has 0 aliphatic rings. The number of sulfonamides is 1. The van der Waals surface area contributed by atoms with Gasteiger partial charge in [-0.3, -0.25) is 14.5 Å². The second kappa shape index (κ2) is 9.54. The Kier molecular flexibility index (Phi) is 7.00. The number of ether oxygens (including phenoxy) is 1. The molecule has 0 saturated carbocycles. The van der Waals surface area contributed by atoms with Crippen LogP contribution in [0.1, 0.15) is 27.2 Å². The molecule has 1 heterocycles. The minimum Gasteiger partial charge on any atom is -0.496 e. The molecule has 0 atom stereocenters. The topological polar surface area (TPSA) is 97.4 Å². The van der Waals surface area contributed by atoms with Gasteiger partial charge >= 0.3 is 0 Å². The van der Waals surface area contributed by atoms with Crippen molar-refractivity contribution in [3.05, 3.63) is 81.9 Å². The van der Waals surface area contributed by atoms with Crippen LogP contribution in [0.4, 0.5) is 10.1 Å². The fourth-order valence-electron chi connectivity index (χ4n) is 3.09. The number of anilines is 1. The average Bonchev–Trinajstić information content (AvgIpc) is 2.75. The maximum Gasteiger partial charge on any atom is 0.261 e. The van der Waals surface area contributed by atoms with Crippen LogP contribution >= 0.6 is 11.6 Å². The molecule has 32 heavy (non-hydrogen) atoms. The molecule has 0 aliphatic heterocycles. The Balaban J connectivity index is 1.81. The third kappa shape index (κ3) is 5.17. The normalized spacial score (nSPS) is 11.2. The van der Waals surface area contributed by atoms with Gasteiger partial charge in [-0.25, -0.2) is 12.8 Å². The molecule has 1 aromatic heterocycles. The molecule has 0 fully saturated rings. The van der Waals surface area contributed by atoms with Gasteiger partial charge in [0.05, 0.1) is 34.8 Å². The quantitative estimate of drug-likeness (QED) is 0.530. The number of hydrogen-bond donors (Lipinski definition) is 2. The highest BCUT2D eigenvalue weighted by molar-refractivity contribution is 7.92. The average molecular weight is 478 g/mol. The molecular formula is C22H21ClFN3O4S. The maximum atomic E-state index is 13.1. The van der Waals surface area contributed by atoms with Crippen LogP contribution in [0.2, 0.25) is 5.02 Å². The van der Waals surface area contributed by atoms with Crippen molar-refractivity contribution in [2.75, 3.05) is 11.8 Å². The molecule has 2 N–H and O–H groups in total. The number of benzene rings is 2. The van der Waals surface area contributed by atoms with Crippen LogP contribution in [-0.2, 0) is 16.6 Å². The van der Waals surface area contributed by atoms with Crippen LogP contribution < -0.4 is 14.8 Å². The molecule has 0 unspecified atom stereocenters. The Labute approximate surface area is 190 Å². The highest BCUT2D eigenvalue weighted by atomic mass is 35.5. The molecule has 0 bridgehead atoms. The molecule has 3 aromatic rings. The van der Waals surface area contributed by atoms with Crippen LogP contribution in [0.15, 0.2) is 53.6 Å². The number of aryl methyl sites for hydroxylation is 1. The van der Waals surface area contributed by atoms with Gasteiger partial charge in [0.15, 0.2) is 0 Å². The van der Waals surface area contributed by atoms with Gasteiger partial charge in [-0.2, -0.15) is 0 Å². The lowest BCUT2D eigenvalue weighted by Gasteiger charge is -2.14. The number of nitrogens with zero attached hydrogens (tertiary/aromatic N) is 1. The number of carbonyl (C=O) groups excluding carboxylic acids is 1. The van der Waals surface area contributed by atoms with Crippen molar-refractivity contribution in [1.29, 1.82) is 0 Å². The monoisotopic (exact) mass is 477 g/mol. The molecule has 1 amide bonds. The van der Waals surface area contributed by atoms with E-state index in [1.54, 1.807) is 13.3 Å². The van der Waals surface area contributed by atoms with Gasteiger partial charge < -0.3 is 10.1 Å². The van der Waals surface area contributed by atoms with E-state index in [2.05, 4.69) is 15.0 Å². The van der Waals surface area contributed by atoms with E-state index in [4.69, 9.17) is 16.3 Å². The fraction of sp³-hybridized carbons (Fsp3) is 0.182. The molecule has 2 aromatic carbocycles. The summed E-state index contributed by atoms with van der Waals surface area (Å²) in [4.78, 5) is 16.9. The van der Waals surface area contributed by atoms with Crippen molar-refractivity contribution < 1.29 is 22.3 Å². The predicted molar refractivity (Wildman–Crippen MR) is 120 cm³/mol. The summed E-state index contributed by atoms with van der Waals surface area (Å²) in [5, 5.41) is 2.80. The van der Waals surface area contributed by atoms with Gasteiger partial charge in [-0.15, -0.1) is 0 Å². The Hall–Kier alpha value is -3.17. The zero-order valence-electron chi connectivity index (χ0n) is 17.6. The van der Waals surface area contributed by atoms with Crippen LogP contribution in [-0.4, -0.2) is 26.4 Å². The summed E-state index contributed by atoms with van der Waals surface area (Å²) in [6.45, 7) is 3.80. The van der Waals surface area contributed by atoms with Crippen molar-refractivity contribution in [3.63, 3.8) is 0 Å². The second-order valence-corrected chi connectivity index (χ2v) is 9.07. The Morgan fingerprint density at radius 3 is 2.50 bits per heavy atom. The summed E-state index contributed by atoms with van der Waals surface area (Å²) in [6, 6.07) is 8.64. The van der Waals surface area contributed by atoms with Gasteiger partial charge in [-0.1, -0.05) is 11.6 Å². The SMILES string of the molecule is COc1c(C)cnc(CNC(=O)c2cc(S(=O)(=O)Nc3ccc(F)cc3)ccc2Cl)c1C. The minimum absolute atomic E-state index is 0.00891. The second-order valence-electron chi connectivity index (χ2n) is 6.98. The van der Waals surface area contributed by atoms with Gasteiger partial charge in [0.2, 0.25) is 0 Å². The Bertz CT molecular complexity index is 1260. The Morgan fingerprint density at radius 1 is 1.16 bits per heavy atom. The lowest BCUT2D eigenvalue weighted by atomic mass is 10.1. The van der Waals surface area contributed by atoms with Gasteiger partial charge in [0.25, 0.3) is 15.9 Å². The molecule has 10 heteroatoms. The van der Waals surface area contributed by atoms with Crippen LogP contribution in [0, 0.1) is 19.7 Å². The molecule has 7 nitrogen and oxygen atoms in total. The number of aromatic nitrogens is 1. The molecule has 0 saturated heterocycles. The molecular weight excluding hydrogens is 457 g/mol. The van der Waals surface area contributed by atoms with E-state index < -0.39 is 21.7 Å². The summed E-state index contributed by atoms with van der Waals surface area (Å²) in [7, 11) is -2.47. The first kappa shape index (κ1) is 23.5. The van der Waals surface area contributed by atoms with E-state index in [-0.39, 0.29) is 27.7 Å². The summed E-state index contributed by atoms with van der Waals surface area (Å²) < 4.78 is 46.2. The number of methoxy groups -OCH3 is 1. The van der Waals surface area contributed by atoms with Crippen molar-refractivity contribution in [2.24, 2.45) is 0 Å². The van der Waals surface area contributed by atoms with Crippen molar-refractivity contribution in [1.82, 2.24) is 10.3 Å². The lowest BCUT2D eigenvalue weighted by molar-refractivity contribution is 0.0950. The largest absolute Gasteiger partial charge is 0.496 e. The smallest absolute Gasteiger partial charge is 0.261 e. The highest BCUT2D eigenvalue weighted by Crippen LogP contribution is 2.25. The van der Waals surface area contributed by atoms with Crippen molar-refractivity contribution >= 4 is 33.2 Å². The number of rotatable bonds is 7. The molecule has 0 radical (unpaired) electrons. The number of hydrogen-bond acceptors (Lipinski definition) is 5. The maximum absolute atomic E-state index is 13.1. The zero-order chi connectivity index (χ0) is 23.5. The minimum atomic E-state index is -4.03. The van der Waals surface area contributed by atoms with Crippen molar-refractivity contribution in [2.45, 2.75) is 25.3 Å². The molecule has 0 spiro atoms. The van der Waals surface area contributed by atoms with E-state index in [1.165, 1.54) is 30.3 Å². The predicted octanol–water partition coefficient (Wildman–Crippen LogP) is 4.23. The van der Waals surface area contributed by atoms with E-state index in [1.807, 2.05) is 13.8 Å². The standard InChI is InChI=1S/C22H21ClFN3O4S/c1-13-11-25-20(14(2)21(13)31-3)12-26-22(28)18-10-17(8-9-19(18)23)32(29,30)27-16-6-4-15(24)5-7-16/h4-11,27H,12H2,1-3H3,(H,26,28). The van der Waals surface area contributed by atoms with Crippen LogP contribution in [0.5, 0.6) is 5.75 Å². The third-order valence-electron chi connectivity index (χ3n) is 4.76.